The number of carbonyl (C=O) groups is 1. The van der Waals surface area contributed by atoms with Crippen LogP contribution in [-0.2, 0) is 6.54 Å². The Morgan fingerprint density at radius 1 is 1.45 bits per heavy atom. The second kappa shape index (κ2) is 6.75. The smallest absolute Gasteiger partial charge is 0.317 e. The number of likely N-dealkylation sites (tertiary alicyclic amines) is 1. The highest BCUT2D eigenvalue weighted by atomic mass is 16.2. The van der Waals surface area contributed by atoms with Crippen LogP contribution < -0.4 is 11.1 Å². The van der Waals surface area contributed by atoms with Crippen molar-refractivity contribution in [1.29, 1.82) is 0 Å². The van der Waals surface area contributed by atoms with Crippen LogP contribution in [0.5, 0.6) is 0 Å². The lowest BCUT2D eigenvalue weighted by Crippen LogP contribution is -2.45. The lowest BCUT2D eigenvalue weighted by atomic mass is 10.0. The lowest BCUT2D eigenvalue weighted by molar-refractivity contribution is 0.167. The summed E-state index contributed by atoms with van der Waals surface area (Å²) in [6.45, 7) is 6.50. The van der Waals surface area contributed by atoms with Crippen molar-refractivity contribution < 1.29 is 4.79 Å². The van der Waals surface area contributed by atoms with Gasteiger partial charge in [0, 0.05) is 19.6 Å². The molecule has 2 unspecified atom stereocenters. The summed E-state index contributed by atoms with van der Waals surface area (Å²) in [6.07, 6.45) is 2.33. The summed E-state index contributed by atoms with van der Waals surface area (Å²) in [7, 11) is 0. The summed E-state index contributed by atoms with van der Waals surface area (Å²) in [5.74, 6) is 0.605. The number of urea groups is 1. The molecular weight excluding hydrogens is 250 g/mol. The number of rotatable bonds is 3. The van der Waals surface area contributed by atoms with Crippen molar-refractivity contribution in [1.82, 2.24) is 10.2 Å². The van der Waals surface area contributed by atoms with Crippen molar-refractivity contribution in [2.24, 2.45) is 11.7 Å². The number of hydrogen-bond donors (Lipinski definition) is 2. The predicted molar refractivity (Wildman–Crippen MR) is 81.3 cm³/mol. The summed E-state index contributed by atoms with van der Waals surface area (Å²) in [6, 6.07) is 8.17. The maximum Gasteiger partial charge on any atom is 0.317 e. The van der Waals surface area contributed by atoms with Crippen LogP contribution in [0, 0.1) is 5.92 Å². The Morgan fingerprint density at radius 3 is 2.75 bits per heavy atom. The van der Waals surface area contributed by atoms with Crippen LogP contribution in [0.15, 0.2) is 24.3 Å². The molecule has 3 N–H and O–H groups in total. The Morgan fingerprint density at radius 2 is 2.15 bits per heavy atom. The minimum atomic E-state index is 0.0200. The molecule has 0 bridgehead atoms. The van der Waals surface area contributed by atoms with Gasteiger partial charge >= 0.3 is 6.03 Å². The number of nitrogens with two attached hydrogens (primary N) is 1. The predicted octanol–water partition coefficient (Wildman–Crippen LogP) is 2.65. The van der Waals surface area contributed by atoms with E-state index >= 15 is 0 Å². The molecule has 1 aromatic carbocycles. The van der Waals surface area contributed by atoms with Crippen molar-refractivity contribution in [2.45, 2.75) is 39.3 Å². The van der Waals surface area contributed by atoms with Crippen molar-refractivity contribution in [2.75, 3.05) is 13.1 Å². The van der Waals surface area contributed by atoms with Gasteiger partial charge in [-0.05, 0) is 36.8 Å². The van der Waals surface area contributed by atoms with Crippen LogP contribution in [0.4, 0.5) is 4.79 Å². The van der Waals surface area contributed by atoms with Gasteiger partial charge in [-0.15, -0.1) is 0 Å². The second-order valence-electron chi connectivity index (χ2n) is 5.81. The van der Waals surface area contributed by atoms with Crippen LogP contribution in [-0.4, -0.2) is 24.0 Å². The van der Waals surface area contributed by atoms with Gasteiger partial charge in [-0.25, -0.2) is 4.79 Å². The van der Waals surface area contributed by atoms with E-state index in [2.05, 4.69) is 12.2 Å². The zero-order valence-corrected chi connectivity index (χ0v) is 12.4. The Bertz CT molecular complexity index is 444. The van der Waals surface area contributed by atoms with E-state index in [1.54, 1.807) is 0 Å². The van der Waals surface area contributed by atoms with Gasteiger partial charge < -0.3 is 16.0 Å². The highest BCUT2D eigenvalue weighted by molar-refractivity contribution is 5.74. The molecule has 0 aliphatic carbocycles. The molecule has 1 aromatic rings. The van der Waals surface area contributed by atoms with Gasteiger partial charge in [-0.3, -0.25) is 0 Å². The van der Waals surface area contributed by atoms with E-state index in [0.717, 1.165) is 30.6 Å². The average Bonchev–Trinajstić information content (AvgIpc) is 2.47. The summed E-state index contributed by atoms with van der Waals surface area (Å²) < 4.78 is 0. The molecule has 2 amide bonds. The van der Waals surface area contributed by atoms with E-state index < -0.39 is 0 Å². The number of nitrogens with zero attached hydrogens (tertiary/aromatic N) is 1. The Kier molecular flexibility index (Phi) is 5.01. The van der Waals surface area contributed by atoms with E-state index in [1.807, 2.05) is 36.1 Å². The average molecular weight is 275 g/mol. The van der Waals surface area contributed by atoms with Gasteiger partial charge in [-0.1, -0.05) is 31.2 Å². The quantitative estimate of drug-likeness (QED) is 0.891. The fourth-order valence-corrected chi connectivity index (χ4v) is 2.68. The molecule has 4 heteroatoms. The van der Waals surface area contributed by atoms with Crippen LogP contribution >= 0.6 is 0 Å². The molecule has 1 fully saturated rings. The van der Waals surface area contributed by atoms with Crippen molar-refractivity contribution in [3.05, 3.63) is 35.4 Å². The number of amides is 2. The van der Waals surface area contributed by atoms with E-state index in [4.69, 9.17) is 5.73 Å². The molecule has 0 aromatic heterocycles. The summed E-state index contributed by atoms with van der Waals surface area (Å²) in [5.41, 5.74) is 7.81. The molecule has 20 heavy (non-hydrogen) atoms. The van der Waals surface area contributed by atoms with Crippen molar-refractivity contribution in [3.8, 4) is 0 Å². The van der Waals surface area contributed by atoms with Gasteiger partial charge in [0.2, 0.25) is 0 Å². The third-order valence-corrected chi connectivity index (χ3v) is 4.00. The molecule has 110 valence electrons. The second-order valence-corrected chi connectivity index (χ2v) is 5.81. The zero-order chi connectivity index (χ0) is 14.5. The SMILES string of the molecule is CC1CCCN(C(=O)NC(C)c2ccc(CN)cc2)C1. The molecule has 1 aliphatic rings. The third kappa shape index (κ3) is 3.73. The minimum Gasteiger partial charge on any atom is -0.331 e. The lowest BCUT2D eigenvalue weighted by Gasteiger charge is -2.32. The number of hydrogen-bond acceptors (Lipinski definition) is 2. The van der Waals surface area contributed by atoms with Crippen LogP contribution in [0.25, 0.3) is 0 Å². The highest BCUT2D eigenvalue weighted by Gasteiger charge is 2.22. The van der Waals surface area contributed by atoms with Crippen LogP contribution in [0.3, 0.4) is 0 Å². The molecule has 2 atom stereocenters. The molecule has 1 heterocycles. The molecule has 0 saturated carbocycles. The molecule has 0 radical (unpaired) electrons. The molecule has 1 aliphatic heterocycles. The van der Waals surface area contributed by atoms with Crippen molar-refractivity contribution in [3.63, 3.8) is 0 Å². The van der Waals surface area contributed by atoms with Crippen LogP contribution in [0.1, 0.15) is 43.9 Å². The summed E-state index contributed by atoms with van der Waals surface area (Å²) in [4.78, 5) is 14.2. The molecule has 4 nitrogen and oxygen atoms in total. The normalized spacial score (nSPS) is 20.6. The maximum atomic E-state index is 12.2. The number of piperidine rings is 1. The third-order valence-electron chi connectivity index (χ3n) is 4.00. The molecular formula is C16H25N3O. The summed E-state index contributed by atoms with van der Waals surface area (Å²) in [5, 5.41) is 3.08. The first kappa shape index (κ1) is 14.9. The fourth-order valence-electron chi connectivity index (χ4n) is 2.68. The van der Waals surface area contributed by atoms with E-state index in [1.165, 1.54) is 6.42 Å². The van der Waals surface area contributed by atoms with Crippen LogP contribution in [0.2, 0.25) is 0 Å². The first-order valence-corrected chi connectivity index (χ1v) is 7.44. The highest BCUT2D eigenvalue weighted by Crippen LogP contribution is 2.17. The van der Waals surface area contributed by atoms with Gasteiger partial charge in [0.1, 0.15) is 0 Å². The largest absolute Gasteiger partial charge is 0.331 e. The first-order valence-electron chi connectivity index (χ1n) is 7.44. The molecule has 1 saturated heterocycles. The first-order chi connectivity index (χ1) is 9.60. The number of nitrogens with one attached hydrogen (secondary N) is 1. The van der Waals surface area contributed by atoms with Gasteiger partial charge in [0.05, 0.1) is 6.04 Å². The van der Waals surface area contributed by atoms with E-state index in [9.17, 15) is 4.79 Å². The van der Waals surface area contributed by atoms with Gasteiger partial charge in [-0.2, -0.15) is 0 Å². The van der Waals surface area contributed by atoms with E-state index in [0.29, 0.717) is 12.5 Å². The standard InChI is InChI=1S/C16H25N3O/c1-12-4-3-9-19(11-12)16(20)18-13(2)15-7-5-14(10-17)6-8-15/h5-8,12-13H,3-4,9-11,17H2,1-2H3,(H,18,20). The topological polar surface area (TPSA) is 58.4 Å². The summed E-state index contributed by atoms with van der Waals surface area (Å²) >= 11 is 0. The monoisotopic (exact) mass is 275 g/mol. The van der Waals surface area contributed by atoms with E-state index in [-0.39, 0.29) is 12.1 Å². The Labute approximate surface area is 121 Å². The Balaban J connectivity index is 1.92. The fraction of sp³-hybridized carbons (Fsp3) is 0.562. The number of carbonyl (C=O) groups excluding carboxylic acids is 1. The molecule has 0 spiro atoms. The minimum absolute atomic E-state index is 0.0200. The Hall–Kier alpha value is -1.55. The van der Waals surface area contributed by atoms with Gasteiger partial charge in [0.15, 0.2) is 0 Å². The van der Waals surface area contributed by atoms with Gasteiger partial charge in [0.25, 0.3) is 0 Å². The van der Waals surface area contributed by atoms with Crippen molar-refractivity contribution >= 4 is 6.03 Å². The zero-order valence-electron chi connectivity index (χ0n) is 12.4. The molecule has 2 rings (SSSR count). The maximum absolute atomic E-state index is 12.2. The number of benzene rings is 1.